The molecule has 3 aromatic rings. The first-order valence-corrected chi connectivity index (χ1v) is 9.70. The average Bonchev–Trinajstić information content (AvgIpc) is 3.41. The van der Waals surface area contributed by atoms with Crippen molar-refractivity contribution in [3.8, 4) is 16.9 Å². The van der Waals surface area contributed by atoms with Crippen LogP contribution in [0.15, 0.2) is 47.2 Å². The Bertz CT molecular complexity index is 1340. The molecule has 0 aliphatic carbocycles. The fourth-order valence-electron chi connectivity index (χ4n) is 3.58. The first-order chi connectivity index (χ1) is 17.1. The lowest BCUT2D eigenvalue weighted by Crippen LogP contribution is -2.79. The Morgan fingerprint density at radius 2 is 1.16 bits per heavy atom. The summed E-state index contributed by atoms with van der Waals surface area (Å²) in [6.07, 6.45) is -13.8. The second-order valence-corrected chi connectivity index (χ2v) is 7.95. The molecule has 4 rings (SSSR count). The highest BCUT2D eigenvalue weighted by molar-refractivity contribution is 5.81. The molecule has 0 saturated carbocycles. The number of alkyl halides is 14. The largest absolute Gasteiger partial charge is 0.460 e. The second-order valence-electron chi connectivity index (χ2n) is 7.95. The third-order valence-electron chi connectivity index (χ3n) is 5.61. The minimum atomic E-state index is -7.60. The number of oxazole rings is 1. The Balaban J connectivity index is 1.91. The van der Waals surface area contributed by atoms with Crippen LogP contribution in [0, 0.1) is 0 Å². The number of nitrogens with one attached hydrogen (secondary N) is 1. The van der Waals surface area contributed by atoms with Crippen LogP contribution in [0.4, 0.5) is 67.2 Å². The molecule has 0 unspecified atom stereocenters. The van der Waals surface area contributed by atoms with E-state index in [9.17, 15) is 61.5 Å². The van der Waals surface area contributed by atoms with Crippen molar-refractivity contribution in [3.05, 3.63) is 42.8 Å². The number of hydrogen-bond donors (Lipinski definition) is 1. The highest BCUT2D eigenvalue weighted by Crippen LogP contribution is 2.64. The molecule has 0 fully saturated rings. The summed E-state index contributed by atoms with van der Waals surface area (Å²) in [4.78, 5) is 3.78. The topological polar surface area (TPSA) is 47.3 Å². The van der Waals surface area contributed by atoms with Crippen molar-refractivity contribution in [1.82, 2.24) is 4.98 Å². The molecule has 4 nitrogen and oxygen atoms in total. The third-order valence-corrected chi connectivity index (χ3v) is 5.61. The van der Waals surface area contributed by atoms with Gasteiger partial charge in [-0.25, -0.2) is 4.98 Å². The Morgan fingerprint density at radius 3 is 1.68 bits per heavy atom. The van der Waals surface area contributed by atoms with Crippen LogP contribution in [-0.4, -0.2) is 46.8 Å². The summed E-state index contributed by atoms with van der Waals surface area (Å²) in [5.41, 5.74) is -7.37. The van der Waals surface area contributed by atoms with Crippen LogP contribution >= 0.6 is 0 Å². The minimum Gasteiger partial charge on any atom is -0.453 e. The number of nitrogens with zero attached hydrogens (tertiary/aromatic N) is 1. The number of fused-ring (bicyclic) bond motifs is 2. The quantitative estimate of drug-likeness (QED) is 0.318. The molecule has 0 amide bonds. The van der Waals surface area contributed by atoms with Crippen molar-refractivity contribution in [3.63, 3.8) is 0 Å². The van der Waals surface area contributed by atoms with E-state index in [0.717, 1.165) is 12.5 Å². The Morgan fingerprint density at radius 1 is 0.658 bits per heavy atom. The van der Waals surface area contributed by atoms with Gasteiger partial charge in [0.2, 0.25) is 0 Å². The molecule has 0 bridgehead atoms. The molecule has 0 radical (unpaired) electrons. The van der Waals surface area contributed by atoms with Gasteiger partial charge in [0.1, 0.15) is 11.3 Å². The molecule has 1 aliphatic heterocycles. The van der Waals surface area contributed by atoms with Gasteiger partial charge in [-0.2, -0.15) is 61.5 Å². The van der Waals surface area contributed by atoms with Crippen LogP contribution in [0.1, 0.15) is 0 Å². The van der Waals surface area contributed by atoms with Crippen LogP contribution in [0.2, 0.25) is 0 Å². The van der Waals surface area contributed by atoms with Crippen molar-refractivity contribution in [2.45, 2.75) is 41.8 Å². The predicted molar refractivity (Wildman–Crippen MR) is 98.3 cm³/mol. The zero-order valence-corrected chi connectivity index (χ0v) is 17.6. The van der Waals surface area contributed by atoms with Crippen LogP contribution in [0.25, 0.3) is 22.2 Å². The number of benzene rings is 2. The SMILES string of the molecule is FC(F)(F)C(F)(F)C(F)(F)C1(C(F)(F)C(F)(F)C(F)(F)F)Nc2ccc(-c3ccc4ncoc4c3)cc2O1. The van der Waals surface area contributed by atoms with Crippen molar-refractivity contribution in [1.29, 1.82) is 0 Å². The zero-order valence-electron chi connectivity index (χ0n) is 17.6. The van der Waals surface area contributed by atoms with Gasteiger partial charge >= 0.3 is 41.8 Å². The summed E-state index contributed by atoms with van der Waals surface area (Å²) >= 11 is 0. The molecule has 18 heteroatoms. The number of anilines is 1. The highest BCUT2D eigenvalue weighted by Gasteiger charge is 2.94. The molecule has 1 N–H and O–H groups in total. The third kappa shape index (κ3) is 3.47. The first kappa shape index (κ1) is 27.6. The first-order valence-electron chi connectivity index (χ1n) is 9.70. The van der Waals surface area contributed by atoms with Gasteiger partial charge in [0, 0.05) is 0 Å². The van der Waals surface area contributed by atoms with Gasteiger partial charge in [-0.3, -0.25) is 0 Å². The van der Waals surface area contributed by atoms with Crippen LogP contribution in [-0.2, 0) is 0 Å². The number of ether oxygens (including phenoxy) is 1. The highest BCUT2D eigenvalue weighted by atomic mass is 19.4. The maximum atomic E-state index is 14.7. The summed E-state index contributed by atoms with van der Waals surface area (Å²) in [6.45, 7) is 0. The van der Waals surface area contributed by atoms with Crippen molar-refractivity contribution in [2.75, 3.05) is 5.32 Å². The van der Waals surface area contributed by atoms with E-state index < -0.39 is 53.2 Å². The summed E-state index contributed by atoms with van der Waals surface area (Å²) in [6, 6.07) is 5.59. The van der Waals surface area contributed by atoms with Gasteiger partial charge < -0.3 is 14.5 Å². The lowest BCUT2D eigenvalue weighted by atomic mass is 9.88. The molecule has 2 aromatic carbocycles. The number of hydrogen-bond acceptors (Lipinski definition) is 4. The smallest absolute Gasteiger partial charge is 0.453 e. The van der Waals surface area contributed by atoms with Gasteiger partial charge in [0.05, 0.1) is 5.69 Å². The van der Waals surface area contributed by atoms with Crippen LogP contribution in [0.5, 0.6) is 5.75 Å². The minimum absolute atomic E-state index is 0.0536. The zero-order chi connectivity index (χ0) is 28.7. The van der Waals surface area contributed by atoms with Gasteiger partial charge in [-0.15, -0.1) is 0 Å². The fraction of sp³-hybridized carbons (Fsp3) is 0.350. The number of halogens is 14. The monoisotopic (exact) mass is 574 g/mol. The van der Waals surface area contributed by atoms with Gasteiger partial charge in [0.15, 0.2) is 12.0 Å². The van der Waals surface area contributed by atoms with Gasteiger partial charge in [0.25, 0.3) is 0 Å². The summed E-state index contributed by atoms with van der Waals surface area (Å²) < 4.78 is 200. The van der Waals surface area contributed by atoms with E-state index in [1.54, 1.807) is 0 Å². The Kier molecular flexibility index (Phi) is 5.64. The van der Waals surface area contributed by atoms with Gasteiger partial charge in [-0.05, 0) is 35.4 Å². The van der Waals surface area contributed by atoms with E-state index in [1.807, 2.05) is 0 Å². The van der Waals surface area contributed by atoms with E-state index in [-0.39, 0.29) is 22.2 Å². The fourth-order valence-corrected chi connectivity index (χ4v) is 3.58. The Labute approximate surface area is 200 Å². The molecule has 1 aliphatic rings. The molecule has 2 heterocycles. The number of rotatable bonds is 5. The van der Waals surface area contributed by atoms with Crippen molar-refractivity contribution < 1.29 is 70.6 Å². The lowest BCUT2D eigenvalue weighted by Gasteiger charge is -2.46. The van der Waals surface area contributed by atoms with E-state index >= 15 is 0 Å². The molecule has 0 atom stereocenters. The average molecular weight is 574 g/mol. The molecule has 1 aromatic heterocycles. The molecular weight excluding hydrogens is 566 g/mol. The van der Waals surface area contributed by atoms with Gasteiger partial charge in [-0.1, -0.05) is 12.1 Å². The molecular formula is C20H8F14N2O2. The molecule has 0 spiro atoms. The maximum absolute atomic E-state index is 14.7. The normalized spacial score (nSPS) is 16.8. The Hall–Kier alpha value is -3.47. The molecule has 0 saturated heterocycles. The van der Waals surface area contributed by atoms with Crippen LogP contribution < -0.4 is 10.1 Å². The number of aromatic nitrogens is 1. The standard InChI is InChI=1S/C20H8F14N2O2/c21-14(22,16(25,26)19(29,30)31)18(15(23,24)17(27,28)20(32,33)34)36-11-4-2-9(6-13(11)38-18)8-1-3-10-12(5-8)37-7-35-10/h1-7,36H. The van der Waals surface area contributed by atoms with Crippen molar-refractivity contribution >= 4 is 16.8 Å². The summed E-state index contributed by atoms with van der Waals surface area (Å²) in [5, 5.41) is 0.578. The summed E-state index contributed by atoms with van der Waals surface area (Å²) in [7, 11) is 0. The van der Waals surface area contributed by atoms with E-state index in [2.05, 4.69) is 9.72 Å². The van der Waals surface area contributed by atoms with E-state index in [1.165, 1.54) is 18.2 Å². The summed E-state index contributed by atoms with van der Waals surface area (Å²) in [5.74, 6) is -31.6. The van der Waals surface area contributed by atoms with Crippen LogP contribution in [0.3, 0.4) is 0 Å². The second kappa shape index (κ2) is 7.78. The van der Waals surface area contributed by atoms with E-state index in [0.29, 0.717) is 17.4 Å². The molecule has 208 valence electrons. The molecule has 38 heavy (non-hydrogen) atoms. The van der Waals surface area contributed by atoms with E-state index in [4.69, 9.17) is 4.42 Å². The predicted octanol–water partition coefficient (Wildman–Crippen LogP) is 7.66. The van der Waals surface area contributed by atoms with Crippen molar-refractivity contribution in [2.24, 2.45) is 0 Å². The maximum Gasteiger partial charge on any atom is 0.460 e. The lowest BCUT2D eigenvalue weighted by molar-refractivity contribution is -0.436.